The molecule has 0 heterocycles. The molecule has 0 aliphatic heterocycles. The van der Waals surface area contributed by atoms with Crippen LogP contribution in [-0.2, 0) is 0 Å². The number of aryl methyl sites for hydroxylation is 1. The molecule has 0 amide bonds. The van der Waals surface area contributed by atoms with Gasteiger partial charge < -0.3 is 1.43 Å². The fraction of sp³-hybridized carbons (Fsp3) is 0.462. The van der Waals surface area contributed by atoms with Gasteiger partial charge in [0.25, 0.3) is 0 Å². The summed E-state index contributed by atoms with van der Waals surface area (Å²) in [6.07, 6.45) is 1.91. The second-order valence-corrected chi connectivity index (χ2v) is 5.34. The van der Waals surface area contributed by atoms with E-state index in [2.05, 4.69) is 16.2 Å². The third-order valence-corrected chi connectivity index (χ3v) is 3.84. The fourth-order valence-corrected chi connectivity index (χ4v) is 2.49. The van der Waals surface area contributed by atoms with Gasteiger partial charge >= 0.3 is 18.9 Å². The van der Waals surface area contributed by atoms with E-state index >= 15 is 0 Å². The van der Waals surface area contributed by atoms with Crippen molar-refractivity contribution in [1.82, 2.24) is 0 Å². The Hall–Kier alpha value is 0.207. The molecular weight excluding hydrogens is 246 g/mol. The molecule has 1 nitrogen and oxygen atoms in total. The van der Waals surface area contributed by atoms with Crippen LogP contribution in [0.15, 0.2) is 12.1 Å². The van der Waals surface area contributed by atoms with E-state index in [-0.39, 0.29) is 31.7 Å². The van der Waals surface area contributed by atoms with E-state index < -0.39 is 0 Å². The average Bonchev–Trinajstić information content (AvgIpc) is 2.24. The number of hydrogen-bond donors (Lipinski definition) is 0. The summed E-state index contributed by atoms with van der Waals surface area (Å²) in [5.74, 6) is 0.185. The Morgan fingerprint density at radius 2 is 2.06 bits per heavy atom. The molecule has 0 bridgehead atoms. The maximum absolute atomic E-state index is 12.2. The third-order valence-electron chi connectivity index (χ3n) is 2.79. The van der Waals surface area contributed by atoms with Crippen LogP contribution in [0.1, 0.15) is 42.7 Å². The van der Waals surface area contributed by atoms with Gasteiger partial charge in [0, 0.05) is 16.2 Å². The van der Waals surface area contributed by atoms with E-state index in [4.69, 9.17) is 11.6 Å². The molecule has 4 heteroatoms. The summed E-state index contributed by atoms with van der Waals surface area (Å²) in [6.45, 7) is 5.95. The standard InChI is InChI=1S/C13H18ClOP.Li.H/c1-4-5-11(16)13(15)12-8(2)6-7-10(14)9(12)3;;/h6-7,11H,4-5,16H2,1-3H3;;/q;+1;-1. The molecule has 1 aromatic carbocycles. The van der Waals surface area contributed by atoms with E-state index in [1.807, 2.05) is 26.0 Å². The first-order valence-electron chi connectivity index (χ1n) is 5.54. The van der Waals surface area contributed by atoms with E-state index in [0.29, 0.717) is 5.02 Å². The topological polar surface area (TPSA) is 17.1 Å². The minimum absolute atomic E-state index is 0. The molecule has 1 aromatic rings. The molecule has 1 rings (SSSR count). The predicted octanol–water partition coefficient (Wildman–Crippen LogP) is 1.30. The predicted molar refractivity (Wildman–Crippen MR) is 74.8 cm³/mol. The van der Waals surface area contributed by atoms with Crippen molar-refractivity contribution in [2.75, 3.05) is 0 Å². The SMILES string of the molecule is CCCC(P)C(=O)c1c(C)ccc(Cl)c1C.[H-].[Li+]. The van der Waals surface area contributed by atoms with Gasteiger partial charge in [-0.25, -0.2) is 0 Å². The van der Waals surface area contributed by atoms with Crippen molar-refractivity contribution in [3.63, 3.8) is 0 Å². The minimum Gasteiger partial charge on any atom is -1.00 e. The van der Waals surface area contributed by atoms with Crippen molar-refractivity contribution in [3.8, 4) is 0 Å². The smallest absolute Gasteiger partial charge is 1.00 e. The average molecular weight is 265 g/mol. The van der Waals surface area contributed by atoms with E-state index in [1.165, 1.54) is 0 Å². The second-order valence-electron chi connectivity index (χ2n) is 4.12. The molecule has 0 saturated heterocycles. The minimum atomic E-state index is 0. The Morgan fingerprint density at radius 1 is 1.47 bits per heavy atom. The Bertz CT molecular complexity index is 412. The van der Waals surface area contributed by atoms with Crippen LogP contribution < -0.4 is 18.9 Å². The maximum atomic E-state index is 12.2. The Morgan fingerprint density at radius 3 is 2.59 bits per heavy atom. The van der Waals surface area contributed by atoms with Gasteiger partial charge in [-0.2, -0.15) is 0 Å². The van der Waals surface area contributed by atoms with Crippen molar-refractivity contribution < 1.29 is 25.1 Å². The van der Waals surface area contributed by atoms with Crippen LogP contribution in [-0.4, -0.2) is 11.4 Å². The van der Waals surface area contributed by atoms with Crippen LogP contribution in [0, 0.1) is 13.8 Å². The normalized spacial score (nSPS) is 11.8. The largest absolute Gasteiger partial charge is 1.00 e. The van der Waals surface area contributed by atoms with Crippen LogP contribution in [0.25, 0.3) is 0 Å². The molecule has 0 N–H and O–H groups in total. The quantitative estimate of drug-likeness (QED) is 0.455. The Kier molecular flexibility index (Phi) is 7.69. The van der Waals surface area contributed by atoms with Crippen molar-refractivity contribution in [3.05, 3.63) is 33.8 Å². The summed E-state index contributed by atoms with van der Waals surface area (Å²) in [6, 6.07) is 3.76. The fourth-order valence-electron chi connectivity index (χ4n) is 1.83. The van der Waals surface area contributed by atoms with Crippen LogP contribution in [0.4, 0.5) is 0 Å². The van der Waals surface area contributed by atoms with Gasteiger partial charge in [-0.15, -0.1) is 9.24 Å². The van der Waals surface area contributed by atoms with Gasteiger partial charge in [-0.3, -0.25) is 4.79 Å². The van der Waals surface area contributed by atoms with Gasteiger partial charge in [-0.1, -0.05) is 31.0 Å². The molecule has 90 valence electrons. The number of carbonyl (C=O) groups excluding carboxylic acids is 1. The van der Waals surface area contributed by atoms with Crippen molar-refractivity contribution in [2.24, 2.45) is 0 Å². The first-order chi connectivity index (χ1) is 7.49. The van der Waals surface area contributed by atoms with Crippen molar-refractivity contribution >= 4 is 26.6 Å². The van der Waals surface area contributed by atoms with Crippen molar-refractivity contribution in [2.45, 2.75) is 39.3 Å². The number of rotatable bonds is 4. The van der Waals surface area contributed by atoms with Gasteiger partial charge in [0.1, 0.15) is 0 Å². The zero-order valence-electron chi connectivity index (χ0n) is 12.0. The molecule has 0 fully saturated rings. The molecule has 0 radical (unpaired) electrons. The molecule has 2 unspecified atom stereocenters. The number of carbonyl (C=O) groups is 1. The number of benzene rings is 1. The summed E-state index contributed by atoms with van der Waals surface area (Å²) in [5.41, 5.74) is 2.70. The maximum Gasteiger partial charge on any atom is 1.00 e. The van der Waals surface area contributed by atoms with E-state index in [1.54, 1.807) is 0 Å². The van der Waals surface area contributed by atoms with E-state index in [0.717, 1.165) is 29.5 Å². The zero-order valence-corrected chi connectivity index (χ0v) is 12.9. The Labute approximate surface area is 125 Å². The number of halogens is 1. The molecule has 0 aliphatic rings. The van der Waals surface area contributed by atoms with Gasteiger partial charge in [-0.05, 0) is 37.5 Å². The van der Waals surface area contributed by atoms with E-state index in [9.17, 15) is 4.79 Å². The second kappa shape index (κ2) is 7.60. The zero-order chi connectivity index (χ0) is 12.3. The van der Waals surface area contributed by atoms with Crippen LogP contribution >= 0.6 is 20.8 Å². The number of hydrogen-bond acceptors (Lipinski definition) is 1. The number of Topliss-reactive ketones (excluding diaryl/α,β-unsaturated/α-hetero) is 1. The summed E-state index contributed by atoms with van der Waals surface area (Å²) in [7, 11) is 2.64. The first kappa shape index (κ1) is 17.2. The molecule has 0 saturated carbocycles. The summed E-state index contributed by atoms with van der Waals surface area (Å²) in [4.78, 5) is 12.2. The number of ketones is 1. The summed E-state index contributed by atoms with van der Waals surface area (Å²) < 4.78 is 0. The van der Waals surface area contributed by atoms with Crippen molar-refractivity contribution in [1.29, 1.82) is 0 Å². The summed E-state index contributed by atoms with van der Waals surface area (Å²) in [5, 5.41) is 0.669. The third kappa shape index (κ3) is 4.11. The molecule has 2 atom stereocenters. The van der Waals surface area contributed by atoms with Crippen LogP contribution in [0.3, 0.4) is 0 Å². The monoisotopic (exact) mass is 264 g/mol. The molecular formula is C13H19ClLiOP. The Balaban J connectivity index is 0. The molecule has 0 aromatic heterocycles. The molecule has 0 aliphatic carbocycles. The summed E-state index contributed by atoms with van der Waals surface area (Å²) >= 11 is 6.05. The van der Waals surface area contributed by atoms with Crippen LogP contribution in [0.2, 0.25) is 5.02 Å². The molecule has 17 heavy (non-hydrogen) atoms. The van der Waals surface area contributed by atoms with Gasteiger partial charge in [0.2, 0.25) is 0 Å². The van der Waals surface area contributed by atoms with Gasteiger partial charge in [0.15, 0.2) is 5.78 Å². The van der Waals surface area contributed by atoms with Gasteiger partial charge in [0.05, 0.1) is 0 Å². The molecule has 0 spiro atoms. The van der Waals surface area contributed by atoms with Crippen LogP contribution in [0.5, 0.6) is 0 Å². The first-order valence-corrected chi connectivity index (χ1v) is 6.59.